The van der Waals surface area contributed by atoms with E-state index in [2.05, 4.69) is 36.1 Å². The maximum atomic E-state index is 5.52. The summed E-state index contributed by atoms with van der Waals surface area (Å²) in [6, 6.07) is 2.49. The lowest BCUT2D eigenvalue weighted by Crippen LogP contribution is -2.41. The summed E-state index contributed by atoms with van der Waals surface area (Å²) in [7, 11) is 0. The first kappa shape index (κ1) is 14.1. The van der Waals surface area contributed by atoms with E-state index in [1.807, 2.05) is 6.07 Å². The lowest BCUT2D eigenvalue weighted by molar-refractivity contribution is 0.388. The molecule has 0 bridgehead atoms. The number of nitrogen functional groups attached to an aromatic ring is 1. The minimum atomic E-state index is 0.534. The van der Waals surface area contributed by atoms with E-state index in [0.717, 1.165) is 36.9 Å². The molecule has 2 unspecified atom stereocenters. The molecule has 1 fully saturated rings. The quantitative estimate of drug-likeness (QED) is 0.644. The van der Waals surface area contributed by atoms with Gasteiger partial charge in [-0.1, -0.05) is 13.8 Å². The molecule has 2 atom stereocenters. The van der Waals surface area contributed by atoms with Crippen molar-refractivity contribution in [1.29, 1.82) is 0 Å². The molecule has 5 nitrogen and oxygen atoms in total. The molecule has 1 saturated heterocycles. The number of hydrazine groups is 1. The Kier molecular flexibility index (Phi) is 4.58. The fourth-order valence-corrected chi connectivity index (χ4v) is 2.65. The number of rotatable bonds is 4. The zero-order valence-electron chi connectivity index (χ0n) is 12.2. The van der Waals surface area contributed by atoms with Gasteiger partial charge in [0.05, 0.1) is 0 Å². The first-order valence-corrected chi connectivity index (χ1v) is 7.25. The largest absolute Gasteiger partial charge is 0.353 e. The van der Waals surface area contributed by atoms with E-state index in [-0.39, 0.29) is 0 Å². The van der Waals surface area contributed by atoms with Gasteiger partial charge in [0.1, 0.15) is 17.5 Å². The van der Waals surface area contributed by atoms with Gasteiger partial charge in [-0.3, -0.25) is 0 Å². The van der Waals surface area contributed by atoms with E-state index in [4.69, 9.17) is 10.8 Å². The topological polar surface area (TPSA) is 67.1 Å². The molecule has 0 aliphatic carbocycles. The van der Waals surface area contributed by atoms with Gasteiger partial charge in [0.15, 0.2) is 0 Å². The Morgan fingerprint density at radius 3 is 2.84 bits per heavy atom. The molecule has 19 heavy (non-hydrogen) atoms. The third-order valence-electron chi connectivity index (χ3n) is 3.79. The van der Waals surface area contributed by atoms with Gasteiger partial charge in [-0.05, 0) is 32.1 Å². The summed E-state index contributed by atoms with van der Waals surface area (Å²) in [5, 5.41) is 0. The standard InChI is InChI=1S/C14H25N5/c1-4-5-12-16-13(18-15)8-14(17-12)19-9-10(2)6-7-11(19)3/h8,10-11H,4-7,9,15H2,1-3H3,(H,16,17,18). The first-order valence-electron chi connectivity index (χ1n) is 7.25. The fourth-order valence-electron chi connectivity index (χ4n) is 2.65. The lowest BCUT2D eigenvalue weighted by atomic mass is 9.95. The Balaban J connectivity index is 2.28. The zero-order valence-corrected chi connectivity index (χ0v) is 12.2. The van der Waals surface area contributed by atoms with Crippen molar-refractivity contribution in [3.8, 4) is 0 Å². The van der Waals surface area contributed by atoms with Crippen LogP contribution in [0, 0.1) is 5.92 Å². The van der Waals surface area contributed by atoms with Gasteiger partial charge in [0.2, 0.25) is 0 Å². The molecule has 0 aromatic carbocycles. The fraction of sp³-hybridized carbons (Fsp3) is 0.714. The SMILES string of the molecule is CCCc1nc(NN)cc(N2CC(C)CCC2C)n1. The van der Waals surface area contributed by atoms with Crippen LogP contribution in [0.15, 0.2) is 6.07 Å². The second kappa shape index (κ2) is 6.19. The number of nitrogens with one attached hydrogen (secondary N) is 1. The molecule has 106 valence electrons. The normalized spacial score (nSPS) is 23.5. The molecule has 1 aromatic heterocycles. The molecule has 0 saturated carbocycles. The molecule has 0 spiro atoms. The van der Waals surface area contributed by atoms with Crippen molar-refractivity contribution >= 4 is 11.6 Å². The molecule has 0 radical (unpaired) electrons. The van der Waals surface area contributed by atoms with Crippen molar-refractivity contribution < 1.29 is 0 Å². The Hall–Kier alpha value is -1.36. The zero-order chi connectivity index (χ0) is 13.8. The number of hydrogen-bond donors (Lipinski definition) is 2. The second-order valence-electron chi connectivity index (χ2n) is 5.61. The molecule has 2 heterocycles. The maximum absolute atomic E-state index is 5.52. The van der Waals surface area contributed by atoms with Crippen molar-refractivity contribution in [3.05, 3.63) is 11.9 Å². The molecule has 2 rings (SSSR count). The van der Waals surface area contributed by atoms with E-state index >= 15 is 0 Å². The van der Waals surface area contributed by atoms with Gasteiger partial charge in [-0.25, -0.2) is 15.8 Å². The highest BCUT2D eigenvalue weighted by Crippen LogP contribution is 2.27. The van der Waals surface area contributed by atoms with E-state index in [1.165, 1.54) is 12.8 Å². The van der Waals surface area contributed by atoms with Crippen LogP contribution in [0.25, 0.3) is 0 Å². The monoisotopic (exact) mass is 263 g/mol. The average Bonchev–Trinajstić information content (AvgIpc) is 2.41. The molecular formula is C14H25N5. The van der Waals surface area contributed by atoms with Crippen LogP contribution in [0.4, 0.5) is 11.6 Å². The summed E-state index contributed by atoms with van der Waals surface area (Å²) in [4.78, 5) is 11.5. The molecule has 0 amide bonds. The molecule has 3 N–H and O–H groups in total. The predicted octanol–water partition coefficient (Wildman–Crippen LogP) is 2.34. The third-order valence-corrected chi connectivity index (χ3v) is 3.79. The summed E-state index contributed by atoms with van der Waals surface area (Å²) < 4.78 is 0. The van der Waals surface area contributed by atoms with Crippen molar-refractivity contribution in [1.82, 2.24) is 9.97 Å². The highest BCUT2D eigenvalue weighted by Gasteiger charge is 2.24. The number of aryl methyl sites for hydroxylation is 1. The summed E-state index contributed by atoms with van der Waals surface area (Å²) in [6.07, 6.45) is 4.45. The molecule has 1 aliphatic heterocycles. The van der Waals surface area contributed by atoms with E-state index in [1.54, 1.807) is 0 Å². The Bertz CT molecular complexity index is 420. The summed E-state index contributed by atoms with van der Waals surface area (Å²) in [5.74, 6) is 8.82. The van der Waals surface area contributed by atoms with Crippen LogP contribution >= 0.6 is 0 Å². The smallest absolute Gasteiger partial charge is 0.145 e. The van der Waals surface area contributed by atoms with Crippen molar-refractivity contribution in [2.24, 2.45) is 11.8 Å². The van der Waals surface area contributed by atoms with Crippen LogP contribution in [0.3, 0.4) is 0 Å². The van der Waals surface area contributed by atoms with Crippen LogP contribution < -0.4 is 16.2 Å². The van der Waals surface area contributed by atoms with Crippen molar-refractivity contribution in [3.63, 3.8) is 0 Å². The van der Waals surface area contributed by atoms with Crippen molar-refractivity contribution in [2.45, 2.75) is 52.5 Å². The first-order chi connectivity index (χ1) is 9.13. The van der Waals surface area contributed by atoms with Gasteiger partial charge >= 0.3 is 0 Å². The predicted molar refractivity (Wildman–Crippen MR) is 79.0 cm³/mol. The van der Waals surface area contributed by atoms with Crippen LogP contribution in [0.5, 0.6) is 0 Å². The van der Waals surface area contributed by atoms with Gasteiger partial charge < -0.3 is 10.3 Å². The van der Waals surface area contributed by atoms with E-state index in [0.29, 0.717) is 11.9 Å². The van der Waals surface area contributed by atoms with Gasteiger partial charge in [0.25, 0.3) is 0 Å². The minimum Gasteiger partial charge on any atom is -0.353 e. The van der Waals surface area contributed by atoms with Crippen LogP contribution in [0.2, 0.25) is 0 Å². The van der Waals surface area contributed by atoms with Crippen molar-refractivity contribution in [2.75, 3.05) is 16.9 Å². The number of anilines is 2. The Morgan fingerprint density at radius 1 is 1.37 bits per heavy atom. The molecular weight excluding hydrogens is 238 g/mol. The number of nitrogens with two attached hydrogens (primary N) is 1. The number of aromatic nitrogens is 2. The number of piperidine rings is 1. The molecule has 5 heteroatoms. The van der Waals surface area contributed by atoms with Gasteiger partial charge in [0, 0.05) is 25.1 Å². The Labute approximate surface area is 115 Å². The van der Waals surface area contributed by atoms with E-state index < -0.39 is 0 Å². The third kappa shape index (κ3) is 3.35. The lowest BCUT2D eigenvalue weighted by Gasteiger charge is -2.37. The molecule has 1 aromatic rings. The summed E-state index contributed by atoms with van der Waals surface area (Å²) in [5.41, 5.74) is 2.65. The second-order valence-corrected chi connectivity index (χ2v) is 5.61. The minimum absolute atomic E-state index is 0.534. The highest BCUT2D eigenvalue weighted by atomic mass is 15.3. The molecule has 1 aliphatic rings. The number of nitrogens with zero attached hydrogens (tertiary/aromatic N) is 3. The highest BCUT2D eigenvalue weighted by molar-refractivity contribution is 5.50. The van der Waals surface area contributed by atoms with Gasteiger partial charge in [-0.15, -0.1) is 0 Å². The number of hydrogen-bond acceptors (Lipinski definition) is 5. The summed E-state index contributed by atoms with van der Waals surface area (Å²) in [6.45, 7) is 7.77. The summed E-state index contributed by atoms with van der Waals surface area (Å²) >= 11 is 0. The van der Waals surface area contributed by atoms with Gasteiger partial charge in [-0.2, -0.15) is 0 Å². The van der Waals surface area contributed by atoms with Crippen LogP contribution in [-0.4, -0.2) is 22.6 Å². The average molecular weight is 263 g/mol. The van der Waals surface area contributed by atoms with Crippen LogP contribution in [0.1, 0.15) is 45.9 Å². The van der Waals surface area contributed by atoms with Crippen LogP contribution in [-0.2, 0) is 6.42 Å². The van der Waals surface area contributed by atoms with E-state index in [9.17, 15) is 0 Å². The Morgan fingerprint density at radius 2 is 2.16 bits per heavy atom. The maximum Gasteiger partial charge on any atom is 0.145 e.